The summed E-state index contributed by atoms with van der Waals surface area (Å²) in [6.07, 6.45) is 4.42. The van der Waals surface area contributed by atoms with Crippen LogP contribution in [0.1, 0.15) is 50.1 Å². The van der Waals surface area contributed by atoms with Gasteiger partial charge in [0.25, 0.3) is 0 Å². The van der Waals surface area contributed by atoms with E-state index in [0.29, 0.717) is 11.5 Å². The van der Waals surface area contributed by atoms with Crippen LogP contribution in [0.15, 0.2) is 9.21 Å². The molecular weight excluding hydrogens is 232 g/mol. The van der Waals surface area contributed by atoms with Gasteiger partial charge in [-0.05, 0) is 33.6 Å². The lowest BCUT2D eigenvalue weighted by molar-refractivity contribution is -0.124. The lowest BCUT2D eigenvalue weighted by atomic mass is 10.2. The molecule has 1 aromatic heterocycles. The summed E-state index contributed by atoms with van der Waals surface area (Å²) >= 11 is 0. The highest BCUT2D eigenvalue weighted by Gasteiger charge is 2.24. The van der Waals surface area contributed by atoms with Gasteiger partial charge in [0.2, 0.25) is 5.91 Å². The molecule has 5 nitrogen and oxygen atoms in total. The third kappa shape index (κ3) is 2.35. The summed E-state index contributed by atoms with van der Waals surface area (Å²) in [5, 5.41) is 3.00. The maximum atomic E-state index is 12.1. The molecule has 1 aliphatic rings. The number of nitrogens with one attached hydrogen (secondary N) is 1. The van der Waals surface area contributed by atoms with Crippen molar-refractivity contribution < 1.29 is 9.21 Å². The topological polar surface area (TPSA) is 64.2 Å². The number of aryl methyl sites for hydroxylation is 1. The molecule has 5 heteroatoms. The van der Waals surface area contributed by atoms with E-state index in [-0.39, 0.29) is 11.9 Å². The minimum Gasteiger partial charge on any atom is -0.413 e. The second-order valence-electron chi connectivity index (χ2n) is 5.05. The van der Waals surface area contributed by atoms with Crippen LogP contribution in [-0.4, -0.2) is 16.5 Å². The highest BCUT2D eigenvalue weighted by atomic mass is 16.4. The van der Waals surface area contributed by atoms with Gasteiger partial charge in [0, 0.05) is 6.04 Å². The molecule has 1 aromatic rings. The predicted octanol–water partition coefficient (Wildman–Crippen LogP) is 1.68. The predicted molar refractivity (Wildman–Crippen MR) is 67.6 cm³/mol. The molecule has 1 atom stereocenters. The third-order valence-corrected chi connectivity index (χ3v) is 3.78. The third-order valence-electron chi connectivity index (χ3n) is 3.78. The zero-order valence-electron chi connectivity index (χ0n) is 11.2. The second kappa shape index (κ2) is 5.00. The van der Waals surface area contributed by atoms with Gasteiger partial charge in [-0.2, -0.15) is 0 Å². The smallest absolute Gasteiger partial charge is 0.413 e. The largest absolute Gasteiger partial charge is 0.420 e. The van der Waals surface area contributed by atoms with Crippen molar-refractivity contribution in [2.24, 2.45) is 0 Å². The first kappa shape index (κ1) is 12.9. The van der Waals surface area contributed by atoms with Crippen molar-refractivity contribution in [1.29, 1.82) is 0 Å². The highest BCUT2D eigenvalue weighted by Crippen LogP contribution is 2.19. The minimum atomic E-state index is -0.518. The molecule has 1 saturated carbocycles. The summed E-state index contributed by atoms with van der Waals surface area (Å²) in [6.45, 7) is 5.25. The SMILES string of the molecule is Cc1oc(=O)n([C@H](C)C(=O)NC2CCCC2)c1C. The summed E-state index contributed by atoms with van der Waals surface area (Å²) in [7, 11) is 0. The van der Waals surface area contributed by atoms with E-state index in [1.54, 1.807) is 20.8 Å². The number of amides is 1. The van der Waals surface area contributed by atoms with Crippen LogP contribution in [0, 0.1) is 13.8 Å². The van der Waals surface area contributed by atoms with Gasteiger partial charge in [-0.25, -0.2) is 4.79 Å². The first-order valence-corrected chi connectivity index (χ1v) is 6.49. The van der Waals surface area contributed by atoms with Crippen molar-refractivity contribution in [3.63, 3.8) is 0 Å². The van der Waals surface area contributed by atoms with Crippen LogP contribution < -0.4 is 11.1 Å². The number of hydrogen-bond acceptors (Lipinski definition) is 3. The van der Waals surface area contributed by atoms with Gasteiger partial charge < -0.3 is 9.73 Å². The van der Waals surface area contributed by atoms with E-state index in [1.165, 1.54) is 17.4 Å². The summed E-state index contributed by atoms with van der Waals surface area (Å²) in [4.78, 5) is 23.8. The molecule has 1 N–H and O–H groups in total. The Labute approximate surface area is 106 Å². The van der Waals surface area contributed by atoms with E-state index in [2.05, 4.69) is 5.32 Å². The normalized spacial score (nSPS) is 17.9. The van der Waals surface area contributed by atoms with E-state index < -0.39 is 11.8 Å². The van der Waals surface area contributed by atoms with Gasteiger partial charge >= 0.3 is 5.76 Å². The molecular formula is C13H20N2O3. The van der Waals surface area contributed by atoms with Crippen LogP contribution in [-0.2, 0) is 4.79 Å². The molecule has 0 spiro atoms. The van der Waals surface area contributed by atoms with Gasteiger partial charge in [-0.3, -0.25) is 9.36 Å². The number of rotatable bonds is 3. The first-order valence-electron chi connectivity index (χ1n) is 6.49. The van der Waals surface area contributed by atoms with E-state index in [4.69, 9.17) is 4.42 Å². The monoisotopic (exact) mass is 252 g/mol. The zero-order valence-corrected chi connectivity index (χ0v) is 11.2. The minimum absolute atomic E-state index is 0.104. The molecule has 0 saturated heterocycles. The van der Waals surface area contributed by atoms with E-state index >= 15 is 0 Å². The Kier molecular flexibility index (Phi) is 3.59. The zero-order chi connectivity index (χ0) is 13.3. The number of carbonyl (C=O) groups is 1. The summed E-state index contributed by atoms with van der Waals surface area (Å²) in [5.74, 6) is 0.00693. The Morgan fingerprint density at radius 1 is 1.39 bits per heavy atom. The van der Waals surface area contributed by atoms with Crippen LogP contribution in [0.2, 0.25) is 0 Å². The maximum absolute atomic E-state index is 12.1. The first-order chi connectivity index (χ1) is 8.50. The van der Waals surface area contributed by atoms with Gasteiger partial charge in [0.05, 0.1) is 5.69 Å². The number of aromatic nitrogens is 1. The van der Waals surface area contributed by atoms with Gasteiger partial charge in [-0.15, -0.1) is 0 Å². The fourth-order valence-corrected chi connectivity index (χ4v) is 2.52. The van der Waals surface area contributed by atoms with Crippen molar-refractivity contribution >= 4 is 5.91 Å². The highest BCUT2D eigenvalue weighted by molar-refractivity contribution is 5.80. The van der Waals surface area contributed by atoms with Crippen molar-refractivity contribution in [2.45, 2.75) is 58.5 Å². The average Bonchev–Trinajstić information content (AvgIpc) is 2.88. The summed E-state index contributed by atoms with van der Waals surface area (Å²) < 4.78 is 6.43. The van der Waals surface area contributed by atoms with Gasteiger partial charge in [0.1, 0.15) is 11.8 Å². The Morgan fingerprint density at radius 3 is 2.50 bits per heavy atom. The van der Waals surface area contributed by atoms with Crippen molar-refractivity contribution in [2.75, 3.05) is 0 Å². The van der Waals surface area contributed by atoms with Gasteiger partial charge in [0.15, 0.2) is 0 Å². The summed E-state index contributed by atoms with van der Waals surface area (Å²) in [5.41, 5.74) is 0.717. The fourth-order valence-electron chi connectivity index (χ4n) is 2.52. The van der Waals surface area contributed by atoms with E-state index in [0.717, 1.165) is 12.8 Å². The maximum Gasteiger partial charge on any atom is 0.420 e. The van der Waals surface area contributed by atoms with Gasteiger partial charge in [-0.1, -0.05) is 12.8 Å². The molecule has 100 valence electrons. The molecule has 0 aliphatic heterocycles. The fraction of sp³-hybridized carbons (Fsp3) is 0.692. The molecule has 1 heterocycles. The molecule has 1 fully saturated rings. The van der Waals surface area contributed by atoms with Crippen LogP contribution in [0.3, 0.4) is 0 Å². The van der Waals surface area contributed by atoms with Crippen molar-refractivity contribution in [1.82, 2.24) is 9.88 Å². The van der Waals surface area contributed by atoms with Crippen LogP contribution in [0.5, 0.6) is 0 Å². The molecule has 0 aromatic carbocycles. The Bertz CT molecular complexity index is 495. The molecule has 1 amide bonds. The Hall–Kier alpha value is -1.52. The van der Waals surface area contributed by atoms with Crippen LogP contribution in [0.25, 0.3) is 0 Å². The molecule has 2 rings (SSSR count). The summed E-state index contributed by atoms with van der Waals surface area (Å²) in [6, 6.07) is -0.250. The Morgan fingerprint density at radius 2 is 2.00 bits per heavy atom. The van der Waals surface area contributed by atoms with E-state index in [9.17, 15) is 9.59 Å². The van der Waals surface area contributed by atoms with Crippen LogP contribution >= 0.6 is 0 Å². The second-order valence-corrected chi connectivity index (χ2v) is 5.05. The van der Waals surface area contributed by atoms with Crippen molar-refractivity contribution in [3.8, 4) is 0 Å². The van der Waals surface area contributed by atoms with Crippen molar-refractivity contribution in [3.05, 3.63) is 22.0 Å². The Balaban J connectivity index is 2.12. The standard InChI is InChI=1S/C13H20N2O3/c1-8-10(3)18-13(17)15(8)9(2)12(16)14-11-6-4-5-7-11/h9,11H,4-7H2,1-3H3,(H,14,16)/t9-/m1/s1. The number of nitrogens with zero attached hydrogens (tertiary/aromatic N) is 1. The molecule has 0 bridgehead atoms. The number of oxazole rings is 1. The molecule has 1 aliphatic carbocycles. The lowest BCUT2D eigenvalue weighted by Gasteiger charge is -2.17. The lowest BCUT2D eigenvalue weighted by Crippen LogP contribution is -2.39. The molecule has 0 radical (unpaired) electrons. The molecule has 0 unspecified atom stereocenters. The van der Waals surface area contributed by atoms with Crippen LogP contribution in [0.4, 0.5) is 0 Å². The quantitative estimate of drug-likeness (QED) is 0.890. The average molecular weight is 252 g/mol. The number of hydrogen-bond donors (Lipinski definition) is 1. The van der Waals surface area contributed by atoms with E-state index in [1.807, 2.05) is 0 Å². The number of carbonyl (C=O) groups excluding carboxylic acids is 1. The molecule has 18 heavy (non-hydrogen) atoms.